The van der Waals surface area contributed by atoms with Gasteiger partial charge in [-0.2, -0.15) is 5.10 Å². The molecule has 1 amide bonds. The van der Waals surface area contributed by atoms with Crippen LogP contribution in [0.15, 0.2) is 42.9 Å². The van der Waals surface area contributed by atoms with Gasteiger partial charge in [-0.05, 0) is 47.4 Å². The van der Waals surface area contributed by atoms with Crippen molar-refractivity contribution in [3.8, 4) is 5.69 Å². The topological polar surface area (TPSA) is 90.5 Å². The largest absolute Gasteiger partial charge is 0.311 e. The number of aromatic nitrogens is 6. The number of hydrogen-bond donors (Lipinski definition) is 1. The number of rotatable bonds is 5. The standard InChI is InChI=1S/C16H17N7O/c24-16(19-15-8-9-18-23(15)14-2-1-3-14)10-12-4-6-13(7-5-12)22-11-17-20-21-22/h4-9,11,14H,1-3,10H2,(H,19,24). The molecule has 1 fully saturated rings. The van der Waals surface area contributed by atoms with Gasteiger partial charge in [0.2, 0.25) is 5.91 Å². The molecular formula is C16H17N7O. The highest BCUT2D eigenvalue weighted by Gasteiger charge is 2.22. The van der Waals surface area contributed by atoms with Crippen LogP contribution in [0.5, 0.6) is 0 Å². The van der Waals surface area contributed by atoms with Gasteiger partial charge in [0, 0.05) is 6.07 Å². The Morgan fingerprint density at radius 1 is 1.21 bits per heavy atom. The molecule has 8 nitrogen and oxygen atoms in total. The number of benzene rings is 1. The lowest BCUT2D eigenvalue weighted by Gasteiger charge is -2.27. The molecule has 2 heterocycles. The predicted molar refractivity (Wildman–Crippen MR) is 86.6 cm³/mol. The number of nitrogens with one attached hydrogen (secondary N) is 1. The van der Waals surface area contributed by atoms with Gasteiger partial charge >= 0.3 is 0 Å². The lowest BCUT2D eigenvalue weighted by Crippen LogP contribution is -2.23. The zero-order chi connectivity index (χ0) is 16.4. The van der Waals surface area contributed by atoms with E-state index in [-0.39, 0.29) is 5.91 Å². The van der Waals surface area contributed by atoms with Crippen molar-refractivity contribution in [1.82, 2.24) is 30.0 Å². The Morgan fingerprint density at radius 2 is 2.04 bits per heavy atom. The fourth-order valence-electron chi connectivity index (χ4n) is 2.75. The number of tetrazole rings is 1. The second-order valence-electron chi connectivity index (χ2n) is 5.89. The smallest absolute Gasteiger partial charge is 0.229 e. The Hall–Kier alpha value is -3.03. The molecule has 0 saturated heterocycles. The average Bonchev–Trinajstić information content (AvgIpc) is 3.19. The third kappa shape index (κ3) is 2.90. The van der Waals surface area contributed by atoms with E-state index in [4.69, 9.17) is 0 Å². The van der Waals surface area contributed by atoms with E-state index in [1.165, 1.54) is 12.7 Å². The van der Waals surface area contributed by atoms with Gasteiger partial charge in [0.15, 0.2) is 0 Å². The number of hydrogen-bond acceptors (Lipinski definition) is 5. The van der Waals surface area contributed by atoms with Gasteiger partial charge in [-0.1, -0.05) is 12.1 Å². The molecule has 24 heavy (non-hydrogen) atoms. The summed E-state index contributed by atoms with van der Waals surface area (Å²) in [5, 5.41) is 18.3. The number of amides is 1. The highest BCUT2D eigenvalue weighted by Crippen LogP contribution is 2.33. The van der Waals surface area contributed by atoms with Gasteiger partial charge in [0.25, 0.3) is 0 Å². The summed E-state index contributed by atoms with van der Waals surface area (Å²) in [6, 6.07) is 9.84. The van der Waals surface area contributed by atoms with E-state index in [2.05, 4.69) is 25.9 Å². The van der Waals surface area contributed by atoms with E-state index in [1.54, 1.807) is 10.9 Å². The first-order valence-corrected chi connectivity index (χ1v) is 7.95. The van der Waals surface area contributed by atoms with Crippen molar-refractivity contribution in [2.24, 2.45) is 0 Å². The first kappa shape index (κ1) is 14.6. The highest BCUT2D eigenvalue weighted by molar-refractivity contribution is 5.91. The fraction of sp³-hybridized carbons (Fsp3) is 0.312. The molecule has 1 aliphatic carbocycles. The third-order valence-corrected chi connectivity index (χ3v) is 4.27. The van der Waals surface area contributed by atoms with Crippen LogP contribution in [0.25, 0.3) is 5.69 Å². The van der Waals surface area contributed by atoms with Crippen LogP contribution in [-0.2, 0) is 11.2 Å². The summed E-state index contributed by atoms with van der Waals surface area (Å²) in [5.74, 6) is 0.723. The molecule has 122 valence electrons. The second-order valence-corrected chi connectivity index (χ2v) is 5.89. The van der Waals surface area contributed by atoms with Crippen molar-refractivity contribution in [3.05, 3.63) is 48.4 Å². The molecule has 0 spiro atoms. The summed E-state index contributed by atoms with van der Waals surface area (Å²) in [6.45, 7) is 0. The molecule has 0 radical (unpaired) electrons. The summed E-state index contributed by atoms with van der Waals surface area (Å²) in [4.78, 5) is 12.3. The summed E-state index contributed by atoms with van der Waals surface area (Å²) < 4.78 is 3.49. The lowest BCUT2D eigenvalue weighted by atomic mass is 9.93. The van der Waals surface area contributed by atoms with E-state index in [0.29, 0.717) is 12.5 Å². The van der Waals surface area contributed by atoms with Gasteiger partial charge < -0.3 is 5.32 Å². The van der Waals surface area contributed by atoms with Gasteiger partial charge in [0.1, 0.15) is 12.1 Å². The van der Waals surface area contributed by atoms with Crippen molar-refractivity contribution in [3.63, 3.8) is 0 Å². The van der Waals surface area contributed by atoms with Crippen LogP contribution < -0.4 is 5.32 Å². The number of carbonyl (C=O) groups is 1. The number of anilines is 1. The van der Waals surface area contributed by atoms with E-state index in [9.17, 15) is 4.79 Å². The fourth-order valence-corrected chi connectivity index (χ4v) is 2.75. The Balaban J connectivity index is 1.40. The normalized spacial score (nSPS) is 14.3. The molecule has 1 N–H and O–H groups in total. The minimum atomic E-state index is -0.0498. The first-order valence-electron chi connectivity index (χ1n) is 7.95. The van der Waals surface area contributed by atoms with E-state index < -0.39 is 0 Å². The van der Waals surface area contributed by atoms with Crippen LogP contribution in [0.2, 0.25) is 0 Å². The van der Waals surface area contributed by atoms with Crippen molar-refractivity contribution in [2.45, 2.75) is 31.7 Å². The van der Waals surface area contributed by atoms with Crippen molar-refractivity contribution in [2.75, 3.05) is 5.32 Å². The molecule has 0 unspecified atom stereocenters. The van der Waals surface area contributed by atoms with Gasteiger partial charge in [-0.15, -0.1) is 5.10 Å². The molecule has 1 saturated carbocycles. The highest BCUT2D eigenvalue weighted by atomic mass is 16.1. The molecular weight excluding hydrogens is 306 g/mol. The van der Waals surface area contributed by atoms with E-state index in [1.807, 2.05) is 35.0 Å². The Kier molecular flexibility index (Phi) is 3.78. The SMILES string of the molecule is O=C(Cc1ccc(-n2cnnn2)cc1)Nc1ccnn1C1CCC1. The molecule has 0 bridgehead atoms. The third-order valence-electron chi connectivity index (χ3n) is 4.27. The van der Waals surface area contributed by atoms with Crippen LogP contribution in [0, 0.1) is 0 Å². The minimum absolute atomic E-state index is 0.0498. The van der Waals surface area contributed by atoms with Crippen LogP contribution in [-0.4, -0.2) is 35.9 Å². The molecule has 4 rings (SSSR count). The Morgan fingerprint density at radius 3 is 2.71 bits per heavy atom. The van der Waals surface area contributed by atoms with Crippen LogP contribution >= 0.6 is 0 Å². The Bertz CT molecular complexity index is 819. The van der Waals surface area contributed by atoms with E-state index >= 15 is 0 Å². The quantitative estimate of drug-likeness (QED) is 0.772. The van der Waals surface area contributed by atoms with Crippen LogP contribution in [0.3, 0.4) is 0 Å². The van der Waals surface area contributed by atoms with Gasteiger partial charge in [-0.3, -0.25) is 4.79 Å². The van der Waals surface area contributed by atoms with Crippen molar-refractivity contribution in [1.29, 1.82) is 0 Å². The molecule has 0 aliphatic heterocycles. The summed E-state index contributed by atoms with van der Waals surface area (Å²) in [7, 11) is 0. The second kappa shape index (κ2) is 6.23. The maximum Gasteiger partial charge on any atom is 0.229 e. The van der Waals surface area contributed by atoms with Gasteiger partial charge in [0.05, 0.1) is 24.3 Å². The maximum absolute atomic E-state index is 12.3. The van der Waals surface area contributed by atoms with Crippen LogP contribution in [0.1, 0.15) is 30.9 Å². The maximum atomic E-state index is 12.3. The van der Waals surface area contributed by atoms with Crippen molar-refractivity contribution >= 4 is 11.7 Å². The molecule has 1 aliphatic rings. The molecule has 1 aromatic carbocycles. The molecule has 3 aromatic rings. The van der Waals surface area contributed by atoms with E-state index in [0.717, 1.165) is 29.9 Å². The lowest BCUT2D eigenvalue weighted by molar-refractivity contribution is -0.115. The molecule has 8 heteroatoms. The average molecular weight is 323 g/mol. The Labute approximate surface area is 138 Å². The number of carbonyl (C=O) groups excluding carboxylic acids is 1. The zero-order valence-corrected chi connectivity index (χ0v) is 13.0. The minimum Gasteiger partial charge on any atom is -0.311 e. The van der Waals surface area contributed by atoms with Crippen molar-refractivity contribution < 1.29 is 4.79 Å². The predicted octanol–water partition coefficient (Wildman–Crippen LogP) is 1.76. The van der Waals surface area contributed by atoms with Gasteiger partial charge in [-0.25, -0.2) is 9.36 Å². The summed E-state index contributed by atoms with van der Waals surface area (Å²) in [5.41, 5.74) is 1.78. The molecule has 2 aromatic heterocycles. The molecule has 0 atom stereocenters. The summed E-state index contributed by atoms with van der Waals surface area (Å²) in [6.07, 6.45) is 7.06. The van der Waals surface area contributed by atoms with Crippen LogP contribution in [0.4, 0.5) is 5.82 Å². The monoisotopic (exact) mass is 323 g/mol. The first-order chi connectivity index (χ1) is 11.8. The number of nitrogens with zero attached hydrogens (tertiary/aromatic N) is 6. The zero-order valence-electron chi connectivity index (χ0n) is 13.0. The summed E-state index contributed by atoms with van der Waals surface area (Å²) >= 11 is 0.